The Hall–Kier alpha value is -3.99. The highest BCUT2D eigenvalue weighted by Gasteiger charge is 2.18. The second-order valence-corrected chi connectivity index (χ2v) is 8.61. The quantitative estimate of drug-likeness (QED) is 0.291. The molecule has 1 aromatic heterocycles. The van der Waals surface area contributed by atoms with Crippen molar-refractivity contribution in [1.82, 2.24) is 15.0 Å². The highest BCUT2D eigenvalue weighted by molar-refractivity contribution is 5.72. The zero-order valence-corrected chi connectivity index (χ0v) is 21.4. The van der Waals surface area contributed by atoms with Crippen LogP contribution in [0.1, 0.15) is 26.3 Å². The molecule has 1 unspecified atom stereocenters. The lowest BCUT2D eigenvalue weighted by Gasteiger charge is -2.19. The fourth-order valence-corrected chi connectivity index (χ4v) is 3.33. The number of aromatic nitrogens is 3. The van der Waals surface area contributed by atoms with E-state index in [1.54, 1.807) is 31.2 Å². The molecule has 0 fully saturated rings. The molecule has 2 aromatic carbocycles. The van der Waals surface area contributed by atoms with E-state index < -0.39 is 12.1 Å². The average Bonchev–Trinajstić information content (AvgIpc) is 2.85. The second-order valence-electron chi connectivity index (χ2n) is 8.61. The lowest BCUT2D eigenvalue weighted by molar-refractivity contribution is -0.149. The number of nitrogens with zero attached hydrogens (tertiary/aromatic N) is 4. The predicted octanol–water partition coefficient (Wildman–Crippen LogP) is 4.12. The van der Waals surface area contributed by atoms with E-state index in [9.17, 15) is 14.3 Å². The zero-order chi connectivity index (χ0) is 26.8. The van der Waals surface area contributed by atoms with E-state index in [0.717, 1.165) is 5.56 Å². The van der Waals surface area contributed by atoms with Crippen LogP contribution in [0.5, 0.6) is 5.75 Å². The fourth-order valence-electron chi connectivity index (χ4n) is 3.33. The molecule has 0 aliphatic rings. The first-order chi connectivity index (χ1) is 17.7. The number of carboxylic acids is 1. The van der Waals surface area contributed by atoms with Crippen molar-refractivity contribution in [3.05, 3.63) is 59.9 Å². The topological polar surface area (TPSA) is 122 Å². The first-order valence-corrected chi connectivity index (χ1v) is 12.1. The molecule has 0 bridgehead atoms. The first-order valence-electron chi connectivity index (χ1n) is 12.1. The SMILES string of the molecule is CCOC(Cc1ccc(OCCN(C)c2nc(Nc3ccc(F)cc3)nc(NC(C)C)n2)cc1)C(=O)O. The molecule has 0 radical (unpaired) electrons. The van der Waals surface area contributed by atoms with Gasteiger partial charge < -0.3 is 30.1 Å². The van der Waals surface area contributed by atoms with Crippen LogP contribution in [0.25, 0.3) is 0 Å². The minimum Gasteiger partial charge on any atom is -0.492 e. The van der Waals surface area contributed by atoms with Crippen molar-refractivity contribution in [3.8, 4) is 5.75 Å². The number of hydrogen-bond donors (Lipinski definition) is 3. The average molecular weight is 513 g/mol. The number of carboxylic acid groups (broad SMARTS) is 1. The number of nitrogens with one attached hydrogen (secondary N) is 2. The number of halogens is 1. The van der Waals surface area contributed by atoms with Crippen LogP contribution in [-0.4, -0.2) is 65.0 Å². The van der Waals surface area contributed by atoms with Gasteiger partial charge in [-0.15, -0.1) is 0 Å². The molecule has 1 heterocycles. The van der Waals surface area contributed by atoms with Crippen molar-refractivity contribution in [2.24, 2.45) is 0 Å². The van der Waals surface area contributed by atoms with Crippen molar-refractivity contribution in [3.63, 3.8) is 0 Å². The van der Waals surface area contributed by atoms with E-state index in [-0.39, 0.29) is 18.3 Å². The summed E-state index contributed by atoms with van der Waals surface area (Å²) in [5.74, 6) is 0.545. The van der Waals surface area contributed by atoms with Gasteiger partial charge in [-0.25, -0.2) is 9.18 Å². The van der Waals surface area contributed by atoms with Crippen molar-refractivity contribution in [2.75, 3.05) is 42.3 Å². The molecule has 3 aromatic rings. The van der Waals surface area contributed by atoms with Gasteiger partial charge in [0.05, 0.1) is 6.54 Å². The smallest absolute Gasteiger partial charge is 0.333 e. The zero-order valence-electron chi connectivity index (χ0n) is 21.4. The Labute approximate surface area is 215 Å². The van der Waals surface area contributed by atoms with Crippen LogP contribution in [-0.2, 0) is 16.0 Å². The number of likely N-dealkylation sites (N-methyl/N-ethyl adjacent to an activating group) is 1. The van der Waals surface area contributed by atoms with E-state index in [1.807, 2.05) is 37.9 Å². The van der Waals surface area contributed by atoms with Gasteiger partial charge in [-0.2, -0.15) is 15.0 Å². The molecule has 0 spiro atoms. The first kappa shape index (κ1) is 27.6. The normalized spacial score (nSPS) is 11.7. The maximum atomic E-state index is 13.2. The van der Waals surface area contributed by atoms with Gasteiger partial charge in [0.1, 0.15) is 18.2 Å². The largest absolute Gasteiger partial charge is 0.492 e. The summed E-state index contributed by atoms with van der Waals surface area (Å²) < 4.78 is 24.4. The number of ether oxygens (including phenoxy) is 2. The van der Waals surface area contributed by atoms with Gasteiger partial charge in [-0.05, 0) is 62.7 Å². The van der Waals surface area contributed by atoms with Crippen LogP contribution in [0.4, 0.5) is 27.9 Å². The number of hydrogen-bond acceptors (Lipinski definition) is 9. The van der Waals surface area contributed by atoms with Crippen molar-refractivity contribution >= 4 is 29.5 Å². The highest BCUT2D eigenvalue weighted by Crippen LogP contribution is 2.19. The van der Waals surface area contributed by atoms with Crippen LogP contribution in [0.3, 0.4) is 0 Å². The standard InChI is InChI=1S/C26H33FN6O4/c1-5-36-22(23(34)35)16-18-6-12-21(13-7-18)37-15-14-33(4)26-31-24(28-17(2)3)30-25(32-26)29-20-10-8-19(27)9-11-20/h6-13,17,22H,5,14-16H2,1-4H3,(H,34,35)(H2,28,29,30,31,32). The predicted molar refractivity (Wildman–Crippen MR) is 140 cm³/mol. The molecule has 0 saturated carbocycles. The lowest BCUT2D eigenvalue weighted by atomic mass is 10.1. The molecule has 0 saturated heterocycles. The monoisotopic (exact) mass is 512 g/mol. The van der Waals surface area contributed by atoms with Gasteiger partial charge >= 0.3 is 5.97 Å². The van der Waals surface area contributed by atoms with Gasteiger partial charge in [0.25, 0.3) is 0 Å². The number of rotatable bonds is 14. The van der Waals surface area contributed by atoms with Crippen molar-refractivity contribution in [1.29, 1.82) is 0 Å². The van der Waals surface area contributed by atoms with Crippen LogP contribution in [0, 0.1) is 5.82 Å². The Bertz CT molecular complexity index is 1140. The van der Waals surface area contributed by atoms with Gasteiger partial charge in [-0.1, -0.05) is 12.1 Å². The maximum absolute atomic E-state index is 13.2. The van der Waals surface area contributed by atoms with Crippen LogP contribution < -0.4 is 20.3 Å². The second kappa shape index (κ2) is 13.4. The third-order valence-corrected chi connectivity index (χ3v) is 5.17. The Balaban J connectivity index is 1.61. The van der Waals surface area contributed by atoms with Crippen LogP contribution in [0.2, 0.25) is 0 Å². The van der Waals surface area contributed by atoms with Gasteiger partial charge in [0.2, 0.25) is 17.8 Å². The molecular weight excluding hydrogens is 479 g/mol. The minimum absolute atomic E-state index is 0.116. The molecule has 10 nitrogen and oxygen atoms in total. The number of benzene rings is 2. The van der Waals surface area contributed by atoms with Crippen molar-refractivity contribution in [2.45, 2.75) is 39.3 Å². The Morgan fingerprint density at radius 1 is 1.05 bits per heavy atom. The summed E-state index contributed by atoms with van der Waals surface area (Å²) in [6.07, 6.45) is -0.588. The summed E-state index contributed by atoms with van der Waals surface area (Å²) in [7, 11) is 1.85. The van der Waals surface area contributed by atoms with E-state index in [4.69, 9.17) is 9.47 Å². The van der Waals surface area contributed by atoms with Crippen molar-refractivity contribution < 1.29 is 23.8 Å². The molecule has 37 heavy (non-hydrogen) atoms. The Morgan fingerprint density at radius 3 is 2.35 bits per heavy atom. The van der Waals surface area contributed by atoms with E-state index in [2.05, 4.69) is 25.6 Å². The number of carbonyl (C=O) groups is 1. The summed E-state index contributed by atoms with van der Waals surface area (Å²) in [4.78, 5) is 26.5. The van der Waals surface area contributed by atoms with Crippen LogP contribution >= 0.6 is 0 Å². The molecule has 3 rings (SSSR count). The van der Waals surface area contributed by atoms with Crippen LogP contribution in [0.15, 0.2) is 48.5 Å². The lowest BCUT2D eigenvalue weighted by Crippen LogP contribution is -2.27. The molecule has 0 aliphatic heterocycles. The number of anilines is 4. The maximum Gasteiger partial charge on any atom is 0.333 e. The molecule has 11 heteroatoms. The van der Waals surface area contributed by atoms with Gasteiger partial charge in [0, 0.05) is 31.8 Å². The minimum atomic E-state index is -0.980. The Morgan fingerprint density at radius 2 is 1.73 bits per heavy atom. The number of aliphatic carboxylic acids is 1. The van der Waals surface area contributed by atoms with E-state index >= 15 is 0 Å². The molecule has 3 N–H and O–H groups in total. The summed E-state index contributed by atoms with van der Waals surface area (Å²) in [5, 5.41) is 15.5. The molecule has 0 amide bonds. The molecule has 1 atom stereocenters. The van der Waals surface area contributed by atoms with Gasteiger partial charge in [0.15, 0.2) is 6.10 Å². The van der Waals surface area contributed by atoms with Gasteiger partial charge in [-0.3, -0.25) is 0 Å². The van der Waals surface area contributed by atoms with E-state index in [1.165, 1.54) is 12.1 Å². The Kier molecular flexibility index (Phi) is 9.96. The third kappa shape index (κ3) is 8.87. The molecular formula is C26H33FN6O4. The van der Waals surface area contributed by atoms with E-state index in [0.29, 0.717) is 49.0 Å². The third-order valence-electron chi connectivity index (χ3n) is 5.17. The highest BCUT2D eigenvalue weighted by atomic mass is 19.1. The summed E-state index contributed by atoms with van der Waals surface area (Å²) in [6.45, 7) is 6.94. The summed E-state index contributed by atoms with van der Waals surface area (Å²) >= 11 is 0. The molecule has 198 valence electrons. The summed E-state index contributed by atoms with van der Waals surface area (Å²) in [5.41, 5.74) is 1.50. The molecule has 0 aliphatic carbocycles. The fraction of sp³-hybridized carbons (Fsp3) is 0.385. The summed E-state index contributed by atoms with van der Waals surface area (Å²) in [6, 6.07) is 13.3.